The first-order valence-corrected chi connectivity index (χ1v) is 8.72. The number of piperidine rings is 1. The number of amides is 2. The highest BCUT2D eigenvalue weighted by Gasteiger charge is 2.29. The van der Waals surface area contributed by atoms with Crippen LogP contribution in [0.1, 0.15) is 37.3 Å². The zero-order valence-electron chi connectivity index (χ0n) is 14.2. The fourth-order valence-electron chi connectivity index (χ4n) is 3.48. The van der Waals surface area contributed by atoms with E-state index in [1.165, 1.54) is 18.2 Å². The van der Waals surface area contributed by atoms with E-state index in [1.54, 1.807) is 11.0 Å². The van der Waals surface area contributed by atoms with E-state index in [-0.39, 0.29) is 29.6 Å². The van der Waals surface area contributed by atoms with Crippen LogP contribution in [0.2, 0.25) is 0 Å². The molecular formula is C19H23FN2O3. The molecule has 1 aromatic carbocycles. The monoisotopic (exact) mass is 346 g/mol. The van der Waals surface area contributed by atoms with Crippen molar-refractivity contribution in [3.63, 3.8) is 0 Å². The first kappa shape index (κ1) is 17.5. The first-order valence-electron chi connectivity index (χ1n) is 8.72. The van der Waals surface area contributed by atoms with Gasteiger partial charge in [-0.15, -0.1) is 0 Å². The molecule has 2 aliphatic rings. The molecule has 6 heteroatoms. The Kier molecular flexibility index (Phi) is 5.36. The van der Waals surface area contributed by atoms with Crippen LogP contribution in [0.15, 0.2) is 30.9 Å². The van der Waals surface area contributed by atoms with Crippen molar-refractivity contribution in [2.75, 3.05) is 19.7 Å². The fourth-order valence-corrected chi connectivity index (χ4v) is 3.48. The Bertz CT molecular complexity index is 669. The molecule has 1 unspecified atom stereocenters. The molecule has 0 saturated carbocycles. The second kappa shape index (κ2) is 7.68. The van der Waals surface area contributed by atoms with Gasteiger partial charge < -0.3 is 15.0 Å². The molecular weight excluding hydrogens is 323 g/mol. The third kappa shape index (κ3) is 4.00. The summed E-state index contributed by atoms with van der Waals surface area (Å²) >= 11 is 0. The lowest BCUT2D eigenvalue weighted by atomic mass is 9.94. The summed E-state index contributed by atoms with van der Waals surface area (Å²) in [7, 11) is 0. The molecule has 134 valence electrons. The van der Waals surface area contributed by atoms with E-state index in [0.717, 1.165) is 18.4 Å². The molecule has 2 heterocycles. The van der Waals surface area contributed by atoms with Gasteiger partial charge in [0.15, 0.2) is 0 Å². The van der Waals surface area contributed by atoms with Gasteiger partial charge in [-0.25, -0.2) is 4.39 Å². The number of nitrogens with one attached hydrogen (secondary N) is 1. The van der Waals surface area contributed by atoms with Crippen LogP contribution in [-0.2, 0) is 9.59 Å². The highest BCUT2D eigenvalue weighted by Crippen LogP contribution is 2.32. The number of fused-ring (bicyclic) bond motifs is 1. The number of ether oxygens (including phenoxy) is 1. The summed E-state index contributed by atoms with van der Waals surface area (Å²) in [5.41, 5.74) is 0.825. The normalized spacial score (nSPS) is 20.8. The van der Waals surface area contributed by atoms with Gasteiger partial charge >= 0.3 is 0 Å². The average Bonchev–Trinajstić information content (AvgIpc) is 2.83. The number of rotatable bonds is 3. The van der Waals surface area contributed by atoms with Crippen LogP contribution in [0.3, 0.4) is 0 Å². The van der Waals surface area contributed by atoms with Crippen LogP contribution in [0.25, 0.3) is 0 Å². The predicted molar refractivity (Wildman–Crippen MR) is 91.5 cm³/mol. The number of carbonyl (C=O) groups is 2. The van der Waals surface area contributed by atoms with E-state index in [4.69, 9.17) is 4.74 Å². The summed E-state index contributed by atoms with van der Waals surface area (Å²) in [6.45, 7) is 5.15. The van der Waals surface area contributed by atoms with Gasteiger partial charge in [-0.3, -0.25) is 9.59 Å². The number of hydrogen-bond donors (Lipinski definition) is 1. The molecule has 0 radical (unpaired) electrons. The van der Waals surface area contributed by atoms with Crippen molar-refractivity contribution in [3.8, 4) is 5.75 Å². The maximum atomic E-state index is 13.4. The molecule has 0 aliphatic carbocycles. The van der Waals surface area contributed by atoms with Crippen molar-refractivity contribution in [3.05, 3.63) is 42.2 Å². The summed E-state index contributed by atoms with van der Waals surface area (Å²) in [6.07, 6.45) is 4.16. The van der Waals surface area contributed by atoms with Crippen LogP contribution >= 0.6 is 0 Å². The quantitative estimate of drug-likeness (QED) is 0.856. The van der Waals surface area contributed by atoms with Gasteiger partial charge in [0.2, 0.25) is 11.8 Å². The number of carbonyl (C=O) groups excluding carboxylic acids is 2. The van der Waals surface area contributed by atoms with E-state index in [1.807, 2.05) is 0 Å². The van der Waals surface area contributed by atoms with Crippen LogP contribution in [0.5, 0.6) is 5.75 Å². The van der Waals surface area contributed by atoms with Crippen LogP contribution in [0, 0.1) is 11.7 Å². The molecule has 1 fully saturated rings. The Morgan fingerprint density at radius 1 is 1.28 bits per heavy atom. The summed E-state index contributed by atoms with van der Waals surface area (Å²) < 4.78 is 19.0. The Balaban J connectivity index is 1.64. The molecule has 1 aromatic rings. The molecule has 1 saturated heterocycles. The maximum Gasteiger partial charge on any atom is 0.245 e. The number of nitrogens with zero attached hydrogens (tertiary/aromatic N) is 1. The van der Waals surface area contributed by atoms with Gasteiger partial charge in [0.05, 0.1) is 12.6 Å². The molecule has 2 aliphatic heterocycles. The summed E-state index contributed by atoms with van der Waals surface area (Å²) in [6, 6.07) is 4.29. The minimum absolute atomic E-state index is 0.00660. The van der Waals surface area contributed by atoms with Gasteiger partial charge in [0.1, 0.15) is 11.6 Å². The standard InChI is InChI=1S/C19H23FN2O3/c1-2-18(23)22-9-7-13(8-10-22)19(24)21-16-4-3-11-25-17-12-14(20)5-6-15(16)17/h2,5-6,12-13,16H,1,3-4,7-11H2,(H,21,24). The van der Waals surface area contributed by atoms with Crippen molar-refractivity contribution >= 4 is 11.8 Å². The maximum absolute atomic E-state index is 13.4. The highest BCUT2D eigenvalue weighted by atomic mass is 19.1. The number of benzene rings is 1. The lowest BCUT2D eigenvalue weighted by molar-refractivity contribution is -0.132. The van der Waals surface area contributed by atoms with E-state index >= 15 is 0 Å². The lowest BCUT2D eigenvalue weighted by Gasteiger charge is -2.31. The molecule has 2 amide bonds. The second-order valence-corrected chi connectivity index (χ2v) is 6.54. The smallest absolute Gasteiger partial charge is 0.245 e. The predicted octanol–water partition coefficient (Wildman–Crippen LogP) is 2.58. The van der Waals surface area contributed by atoms with E-state index in [0.29, 0.717) is 38.3 Å². The molecule has 3 rings (SSSR count). The van der Waals surface area contributed by atoms with Gasteiger partial charge in [0, 0.05) is 30.6 Å². The van der Waals surface area contributed by atoms with Crippen LogP contribution in [-0.4, -0.2) is 36.4 Å². The molecule has 0 aromatic heterocycles. The molecule has 1 atom stereocenters. The van der Waals surface area contributed by atoms with Crippen LogP contribution in [0.4, 0.5) is 4.39 Å². The Labute approximate surface area is 146 Å². The van der Waals surface area contributed by atoms with Crippen molar-refractivity contribution in [1.29, 1.82) is 0 Å². The number of hydrogen-bond acceptors (Lipinski definition) is 3. The number of likely N-dealkylation sites (tertiary alicyclic amines) is 1. The van der Waals surface area contributed by atoms with Crippen molar-refractivity contribution in [2.45, 2.75) is 31.7 Å². The topological polar surface area (TPSA) is 58.6 Å². The number of halogens is 1. The minimum Gasteiger partial charge on any atom is -0.493 e. The Morgan fingerprint density at radius 3 is 2.76 bits per heavy atom. The van der Waals surface area contributed by atoms with E-state index in [2.05, 4.69) is 11.9 Å². The molecule has 1 N–H and O–H groups in total. The van der Waals surface area contributed by atoms with Gasteiger partial charge in [-0.2, -0.15) is 0 Å². The minimum atomic E-state index is -0.343. The zero-order chi connectivity index (χ0) is 17.8. The van der Waals surface area contributed by atoms with Crippen molar-refractivity contribution in [2.24, 2.45) is 5.92 Å². The Morgan fingerprint density at radius 2 is 2.04 bits per heavy atom. The molecule has 0 bridgehead atoms. The first-order chi connectivity index (χ1) is 12.1. The second-order valence-electron chi connectivity index (χ2n) is 6.54. The third-order valence-electron chi connectivity index (χ3n) is 4.91. The van der Waals surface area contributed by atoms with Crippen molar-refractivity contribution < 1.29 is 18.7 Å². The summed E-state index contributed by atoms with van der Waals surface area (Å²) in [5.74, 6) is -0.0373. The Hall–Kier alpha value is -2.37. The molecule has 0 spiro atoms. The zero-order valence-corrected chi connectivity index (χ0v) is 14.2. The SMILES string of the molecule is C=CC(=O)N1CCC(C(=O)NC2CCCOc3cc(F)ccc32)CC1. The van der Waals surface area contributed by atoms with E-state index < -0.39 is 0 Å². The van der Waals surface area contributed by atoms with Gasteiger partial charge in [0.25, 0.3) is 0 Å². The van der Waals surface area contributed by atoms with E-state index in [9.17, 15) is 14.0 Å². The van der Waals surface area contributed by atoms with Gasteiger partial charge in [-0.1, -0.05) is 12.6 Å². The third-order valence-corrected chi connectivity index (χ3v) is 4.91. The highest BCUT2D eigenvalue weighted by molar-refractivity contribution is 5.87. The van der Waals surface area contributed by atoms with Crippen molar-refractivity contribution in [1.82, 2.24) is 10.2 Å². The average molecular weight is 346 g/mol. The lowest BCUT2D eigenvalue weighted by Crippen LogP contribution is -2.43. The molecule has 25 heavy (non-hydrogen) atoms. The summed E-state index contributed by atoms with van der Waals surface area (Å²) in [4.78, 5) is 26.0. The largest absolute Gasteiger partial charge is 0.493 e. The fraction of sp³-hybridized carbons (Fsp3) is 0.474. The molecule has 5 nitrogen and oxygen atoms in total. The van der Waals surface area contributed by atoms with Gasteiger partial charge in [-0.05, 0) is 37.8 Å². The summed E-state index contributed by atoms with van der Waals surface area (Å²) in [5, 5.41) is 3.10. The van der Waals surface area contributed by atoms with Crippen LogP contribution < -0.4 is 10.1 Å².